The molecule has 0 amide bonds. The van der Waals surface area contributed by atoms with Crippen molar-refractivity contribution in [3.05, 3.63) is 102 Å². The van der Waals surface area contributed by atoms with Gasteiger partial charge in [-0.2, -0.15) is 0 Å². The first kappa shape index (κ1) is 17.0. The minimum atomic E-state index is -0.0431. The summed E-state index contributed by atoms with van der Waals surface area (Å²) in [7, 11) is 0. The Bertz CT molecular complexity index is 793. The van der Waals surface area contributed by atoms with Gasteiger partial charge in [-0.1, -0.05) is 67.6 Å². The van der Waals surface area contributed by atoms with E-state index in [-0.39, 0.29) is 11.7 Å². The predicted molar refractivity (Wildman–Crippen MR) is 101 cm³/mol. The zero-order chi connectivity index (χ0) is 17.5. The van der Waals surface area contributed by atoms with Crippen LogP contribution in [-0.2, 0) is 13.0 Å². The molecule has 0 aliphatic rings. The molecule has 3 rings (SSSR count). The monoisotopic (exact) mass is 330 g/mol. The summed E-state index contributed by atoms with van der Waals surface area (Å²) in [6, 6.07) is 27.6. The molecular weight excluding hydrogens is 308 g/mol. The highest BCUT2D eigenvalue weighted by molar-refractivity contribution is 5.97. The van der Waals surface area contributed by atoms with Crippen molar-refractivity contribution in [2.75, 3.05) is 0 Å². The molecule has 0 aliphatic carbocycles. The largest absolute Gasteiger partial charge is 0.489 e. The lowest BCUT2D eigenvalue weighted by molar-refractivity contribution is 0.0929. The van der Waals surface area contributed by atoms with Crippen LogP contribution in [0.3, 0.4) is 0 Å². The lowest BCUT2D eigenvalue weighted by Gasteiger charge is -2.11. The van der Waals surface area contributed by atoms with E-state index in [0.29, 0.717) is 6.61 Å². The van der Waals surface area contributed by atoms with Gasteiger partial charge in [0.15, 0.2) is 5.78 Å². The van der Waals surface area contributed by atoms with Gasteiger partial charge < -0.3 is 4.74 Å². The summed E-state index contributed by atoms with van der Waals surface area (Å²) < 4.78 is 5.77. The Hall–Kier alpha value is -2.87. The van der Waals surface area contributed by atoms with E-state index in [1.54, 1.807) is 0 Å². The second-order valence-electron chi connectivity index (χ2n) is 6.25. The molecule has 25 heavy (non-hydrogen) atoms. The fourth-order valence-electron chi connectivity index (χ4n) is 2.80. The van der Waals surface area contributed by atoms with Gasteiger partial charge in [-0.15, -0.1) is 0 Å². The fraction of sp³-hybridized carbons (Fsp3) is 0.174. The minimum absolute atomic E-state index is 0.0431. The maximum absolute atomic E-state index is 12.6. The summed E-state index contributed by atoms with van der Waals surface area (Å²) in [5.41, 5.74) is 3.04. The van der Waals surface area contributed by atoms with Crippen molar-refractivity contribution in [1.82, 2.24) is 0 Å². The number of hydrogen-bond donors (Lipinski definition) is 0. The Morgan fingerprint density at radius 1 is 0.800 bits per heavy atom. The molecule has 0 heterocycles. The van der Waals surface area contributed by atoms with Crippen LogP contribution in [0.5, 0.6) is 5.75 Å². The van der Waals surface area contributed by atoms with Gasteiger partial charge in [0.25, 0.3) is 0 Å². The molecule has 0 unspecified atom stereocenters. The number of rotatable bonds is 7. The van der Waals surface area contributed by atoms with Gasteiger partial charge in [-0.25, -0.2) is 0 Å². The summed E-state index contributed by atoms with van der Waals surface area (Å²) in [5, 5.41) is 0. The number of carbonyl (C=O) groups is 1. The van der Waals surface area contributed by atoms with Crippen LogP contribution in [0, 0.1) is 5.92 Å². The highest BCUT2D eigenvalue weighted by Gasteiger charge is 2.15. The van der Waals surface area contributed by atoms with E-state index in [1.165, 1.54) is 5.56 Å². The van der Waals surface area contributed by atoms with Crippen LogP contribution in [0.2, 0.25) is 0 Å². The van der Waals surface area contributed by atoms with E-state index in [1.807, 2.05) is 79.7 Å². The quantitative estimate of drug-likeness (QED) is 0.548. The average molecular weight is 330 g/mol. The van der Waals surface area contributed by atoms with Gasteiger partial charge in [0.2, 0.25) is 0 Å². The van der Waals surface area contributed by atoms with E-state index in [2.05, 4.69) is 12.1 Å². The zero-order valence-corrected chi connectivity index (χ0v) is 14.4. The Morgan fingerprint density at radius 3 is 1.96 bits per heavy atom. The Kier molecular flexibility index (Phi) is 5.63. The molecule has 3 aromatic rings. The van der Waals surface area contributed by atoms with Gasteiger partial charge in [-0.05, 0) is 41.8 Å². The maximum atomic E-state index is 12.6. The Morgan fingerprint density at radius 2 is 1.36 bits per heavy atom. The molecule has 0 N–H and O–H groups in total. The minimum Gasteiger partial charge on any atom is -0.489 e. The normalized spacial score (nSPS) is 11.7. The molecule has 0 saturated carbocycles. The number of carbonyl (C=O) groups excluding carboxylic acids is 1. The van der Waals surface area contributed by atoms with Crippen LogP contribution >= 0.6 is 0 Å². The van der Waals surface area contributed by atoms with E-state index in [0.717, 1.165) is 23.3 Å². The molecule has 126 valence electrons. The second-order valence-corrected chi connectivity index (χ2v) is 6.25. The smallest absolute Gasteiger partial charge is 0.165 e. The van der Waals surface area contributed by atoms with Crippen molar-refractivity contribution >= 4 is 5.78 Å². The molecule has 0 bridgehead atoms. The van der Waals surface area contributed by atoms with Crippen LogP contribution in [0.4, 0.5) is 0 Å². The summed E-state index contributed by atoms with van der Waals surface area (Å²) in [5.74, 6) is 0.896. The van der Waals surface area contributed by atoms with Gasteiger partial charge in [-0.3, -0.25) is 4.79 Å². The molecule has 1 atom stereocenters. The number of ether oxygens (including phenoxy) is 1. The van der Waals surface area contributed by atoms with Crippen molar-refractivity contribution in [3.63, 3.8) is 0 Å². The molecule has 0 radical (unpaired) electrons. The SMILES string of the molecule is C[C@H](Cc1ccccc1)C(=O)c1ccc(OCc2ccccc2)cc1. The van der Waals surface area contributed by atoms with E-state index in [9.17, 15) is 4.79 Å². The molecule has 2 nitrogen and oxygen atoms in total. The molecule has 0 spiro atoms. The van der Waals surface area contributed by atoms with Crippen molar-refractivity contribution in [2.45, 2.75) is 20.0 Å². The van der Waals surface area contributed by atoms with Crippen LogP contribution < -0.4 is 4.74 Å². The summed E-state index contributed by atoms with van der Waals surface area (Å²) in [4.78, 5) is 12.6. The number of ketones is 1. The molecule has 0 aromatic heterocycles. The van der Waals surface area contributed by atoms with Gasteiger partial charge >= 0.3 is 0 Å². The molecular formula is C23H22O2. The van der Waals surface area contributed by atoms with Crippen molar-refractivity contribution in [3.8, 4) is 5.75 Å². The summed E-state index contributed by atoms with van der Waals surface area (Å²) in [6.45, 7) is 2.51. The van der Waals surface area contributed by atoms with Crippen molar-refractivity contribution in [2.24, 2.45) is 5.92 Å². The number of benzene rings is 3. The highest BCUT2D eigenvalue weighted by atomic mass is 16.5. The summed E-state index contributed by atoms with van der Waals surface area (Å²) in [6.07, 6.45) is 0.756. The van der Waals surface area contributed by atoms with Crippen molar-refractivity contribution < 1.29 is 9.53 Å². The van der Waals surface area contributed by atoms with E-state index >= 15 is 0 Å². The van der Waals surface area contributed by atoms with E-state index < -0.39 is 0 Å². The lowest BCUT2D eigenvalue weighted by atomic mass is 9.93. The first-order valence-corrected chi connectivity index (χ1v) is 8.57. The first-order chi connectivity index (χ1) is 12.2. The first-order valence-electron chi connectivity index (χ1n) is 8.57. The lowest BCUT2D eigenvalue weighted by Crippen LogP contribution is -2.14. The van der Waals surface area contributed by atoms with Crippen LogP contribution in [0.1, 0.15) is 28.4 Å². The van der Waals surface area contributed by atoms with Crippen LogP contribution in [-0.4, -0.2) is 5.78 Å². The Labute approximate surface area is 149 Å². The zero-order valence-electron chi connectivity index (χ0n) is 14.4. The standard InChI is InChI=1S/C23H22O2/c1-18(16-19-8-4-2-5-9-19)23(24)21-12-14-22(15-13-21)25-17-20-10-6-3-7-11-20/h2-15,18H,16-17H2,1H3/t18-/m1/s1. The molecule has 3 aromatic carbocycles. The number of hydrogen-bond acceptors (Lipinski definition) is 2. The topological polar surface area (TPSA) is 26.3 Å². The predicted octanol–water partition coefficient (Wildman–Crippen LogP) is 5.33. The highest BCUT2D eigenvalue weighted by Crippen LogP contribution is 2.18. The van der Waals surface area contributed by atoms with Gasteiger partial charge in [0.05, 0.1) is 0 Å². The summed E-state index contributed by atoms with van der Waals surface area (Å²) >= 11 is 0. The van der Waals surface area contributed by atoms with Crippen LogP contribution in [0.25, 0.3) is 0 Å². The molecule has 2 heteroatoms. The fourth-order valence-corrected chi connectivity index (χ4v) is 2.80. The third kappa shape index (κ3) is 4.80. The third-order valence-electron chi connectivity index (χ3n) is 4.22. The second kappa shape index (κ2) is 8.29. The van der Waals surface area contributed by atoms with Gasteiger partial charge in [0, 0.05) is 11.5 Å². The molecule has 0 fully saturated rings. The van der Waals surface area contributed by atoms with E-state index in [4.69, 9.17) is 4.74 Å². The average Bonchev–Trinajstić information content (AvgIpc) is 2.68. The Balaban J connectivity index is 1.58. The number of Topliss-reactive ketones (excluding diaryl/α,β-unsaturated/α-hetero) is 1. The maximum Gasteiger partial charge on any atom is 0.165 e. The molecule has 0 saturated heterocycles. The third-order valence-corrected chi connectivity index (χ3v) is 4.22. The van der Waals surface area contributed by atoms with Crippen LogP contribution in [0.15, 0.2) is 84.9 Å². The molecule has 0 aliphatic heterocycles. The van der Waals surface area contributed by atoms with Crippen molar-refractivity contribution in [1.29, 1.82) is 0 Å². The van der Waals surface area contributed by atoms with Gasteiger partial charge in [0.1, 0.15) is 12.4 Å².